The van der Waals surface area contributed by atoms with Crippen molar-refractivity contribution in [2.24, 2.45) is 15.3 Å². The summed E-state index contributed by atoms with van der Waals surface area (Å²) in [6.07, 6.45) is 5.61. The van der Waals surface area contributed by atoms with E-state index < -0.39 is 7.92 Å². The van der Waals surface area contributed by atoms with E-state index in [1.807, 2.05) is 0 Å². The molecule has 0 spiro atoms. The van der Waals surface area contributed by atoms with Crippen LogP contribution < -0.4 is 10.6 Å². The standard InChI is InChI=1S/C23H27N4P/c1-2-27-18-20(25-26-27)14-13-19-15-16-24-23(17-19)28(21-9-5-3-6-10-21)22-11-7-4-8-12-22/h3-12,17,20H,2,13-16,18H2,1H3. The topological polar surface area (TPSA) is 40.3 Å². The van der Waals surface area contributed by atoms with Crippen LogP contribution in [0.1, 0.15) is 26.2 Å². The third-order valence-corrected chi connectivity index (χ3v) is 7.58. The molecule has 1 atom stereocenters. The van der Waals surface area contributed by atoms with Gasteiger partial charge in [-0.3, -0.25) is 10.0 Å². The van der Waals surface area contributed by atoms with E-state index in [9.17, 15) is 0 Å². The second kappa shape index (κ2) is 9.25. The largest absolute Gasteiger partial charge is 0.284 e. The fourth-order valence-electron chi connectivity index (χ4n) is 3.67. The van der Waals surface area contributed by atoms with E-state index in [-0.39, 0.29) is 0 Å². The molecule has 2 heterocycles. The molecule has 2 aliphatic rings. The van der Waals surface area contributed by atoms with Gasteiger partial charge in [-0.2, -0.15) is 5.11 Å². The number of hydrogen-bond acceptors (Lipinski definition) is 4. The molecule has 2 aliphatic heterocycles. The number of allylic oxidation sites excluding steroid dienone is 1. The van der Waals surface area contributed by atoms with E-state index in [1.165, 1.54) is 21.6 Å². The van der Waals surface area contributed by atoms with Gasteiger partial charge in [-0.25, -0.2) is 0 Å². The van der Waals surface area contributed by atoms with Crippen LogP contribution in [0.2, 0.25) is 0 Å². The maximum absolute atomic E-state index is 4.96. The second-order valence-electron chi connectivity index (χ2n) is 7.20. The van der Waals surface area contributed by atoms with Gasteiger partial charge in [0.05, 0.1) is 18.0 Å². The molecule has 0 saturated carbocycles. The Morgan fingerprint density at radius 2 is 1.68 bits per heavy atom. The van der Waals surface area contributed by atoms with Gasteiger partial charge in [0.15, 0.2) is 0 Å². The van der Waals surface area contributed by atoms with Crippen molar-refractivity contribution < 1.29 is 0 Å². The van der Waals surface area contributed by atoms with Crippen LogP contribution in [0.4, 0.5) is 0 Å². The van der Waals surface area contributed by atoms with Crippen LogP contribution in [0, 0.1) is 0 Å². The van der Waals surface area contributed by atoms with Gasteiger partial charge in [0, 0.05) is 21.0 Å². The number of dihydropyridines is 1. The highest BCUT2D eigenvalue weighted by atomic mass is 31.1. The second-order valence-corrected chi connectivity index (χ2v) is 9.36. The Morgan fingerprint density at radius 1 is 1.00 bits per heavy atom. The Hall–Kier alpha value is -2.32. The molecule has 0 N–H and O–H groups in total. The van der Waals surface area contributed by atoms with E-state index in [0.29, 0.717) is 6.04 Å². The monoisotopic (exact) mass is 390 g/mol. The summed E-state index contributed by atoms with van der Waals surface area (Å²) < 4.78 is 0. The number of benzene rings is 2. The van der Waals surface area contributed by atoms with E-state index in [1.54, 1.807) is 0 Å². The van der Waals surface area contributed by atoms with Gasteiger partial charge in [0.2, 0.25) is 0 Å². The molecule has 144 valence electrons. The van der Waals surface area contributed by atoms with E-state index in [0.717, 1.165) is 38.9 Å². The molecule has 4 rings (SSSR count). The van der Waals surface area contributed by atoms with Crippen molar-refractivity contribution in [2.45, 2.75) is 32.2 Å². The van der Waals surface area contributed by atoms with Gasteiger partial charge in [0.1, 0.15) is 0 Å². The first-order chi connectivity index (χ1) is 13.8. The predicted octanol–water partition coefficient (Wildman–Crippen LogP) is 4.70. The molecule has 0 bridgehead atoms. The summed E-state index contributed by atoms with van der Waals surface area (Å²) >= 11 is 0. The lowest BCUT2D eigenvalue weighted by molar-refractivity contribution is 0.323. The summed E-state index contributed by atoms with van der Waals surface area (Å²) in [5, 5.41) is 13.4. The lowest BCUT2D eigenvalue weighted by Crippen LogP contribution is -2.21. The van der Waals surface area contributed by atoms with Gasteiger partial charge in [-0.05, 0) is 42.9 Å². The first-order valence-corrected chi connectivity index (χ1v) is 11.5. The summed E-state index contributed by atoms with van der Waals surface area (Å²) in [6.45, 7) is 4.93. The lowest BCUT2D eigenvalue weighted by Gasteiger charge is -2.23. The highest BCUT2D eigenvalue weighted by molar-refractivity contribution is 7.88. The van der Waals surface area contributed by atoms with E-state index >= 15 is 0 Å². The Kier molecular flexibility index (Phi) is 6.28. The highest BCUT2D eigenvalue weighted by Crippen LogP contribution is 2.38. The van der Waals surface area contributed by atoms with E-state index in [4.69, 9.17) is 4.99 Å². The number of likely N-dealkylation sites (N-methyl/N-ethyl adjacent to an activating group) is 1. The van der Waals surface area contributed by atoms with Gasteiger partial charge in [-0.1, -0.05) is 71.5 Å². The van der Waals surface area contributed by atoms with Crippen molar-refractivity contribution in [3.63, 3.8) is 0 Å². The molecule has 0 radical (unpaired) electrons. The van der Waals surface area contributed by atoms with Crippen molar-refractivity contribution >= 4 is 24.0 Å². The van der Waals surface area contributed by atoms with E-state index in [2.05, 4.69) is 89.0 Å². The Labute approximate surface area is 168 Å². The van der Waals surface area contributed by atoms with Crippen molar-refractivity contribution in [2.75, 3.05) is 19.6 Å². The fraction of sp³-hybridized carbons (Fsp3) is 0.348. The van der Waals surface area contributed by atoms with Gasteiger partial charge in [-0.15, -0.1) is 0 Å². The van der Waals surface area contributed by atoms with Crippen LogP contribution in [-0.2, 0) is 0 Å². The third kappa shape index (κ3) is 4.56. The fourth-order valence-corrected chi connectivity index (χ4v) is 5.99. The molecule has 4 nitrogen and oxygen atoms in total. The molecule has 0 aromatic heterocycles. The summed E-state index contributed by atoms with van der Waals surface area (Å²) in [5.41, 5.74) is 2.76. The normalized spacial score (nSPS) is 19.1. The molecule has 28 heavy (non-hydrogen) atoms. The quantitative estimate of drug-likeness (QED) is 0.632. The first-order valence-electron chi connectivity index (χ1n) is 10.1. The zero-order valence-electron chi connectivity index (χ0n) is 16.4. The molecule has 0 saturated heterocycles. The van der Waals surface area contributed by atoms with Crippen LogP contribution in [-0.4, -0.2) is 36.1 Å². The molecule has 0 amide bonds. The van der Waals surface area contributed by atoms with Crippen LogP contribution in [0.3, 0.4) is 0 Å². The third-order valence-electron chi connectivity index (χ3n) is 5.22. The number of aliphatic imine (C=N–C) groups is 1. The van der Waals surface area contributed by atoms with Crippen LogP contribution >= 0.6 is 7.92 Å². The summed E-state index contributed by atoms with van der Waals surface area (Å²) in [7, 11) is -0.603. The molecule has 2 aromatic carbocycles. The van der Waals surface area contributed by atoms with Crippen molar-refractivity contribution in [1.82, 2.24) is 5.01 Å². The smallest absolute Gasteiger partial charge is 0.0924 e. The minimum atomic E-state index is -0.603. The summed E-state index contributed by atoms with van der Waals surface area (Å²) in [5.74, 6) is 0. The zero-order valence-corrected chi connectivity index (χ0v) is 17.3. The lowest BCUT2D eigenvalue weighted by atomic mass is 10.0. The minimum Gasteiger partial charge on any atom is -0.284 e. The molecule has 5 heteroatoms. The number of rotatable bonds is 7. The maximum atomic E-state index is 4.96. The molecular formula is C23H27N4P. The first kappa shape index (κ1) is 19.0. The molecule has 0 fully saturated rings. The van der Waals surface area contributed by atoms with Crippen LogP contribution in [0.15, 0.2) is 87.6 Å². The molecule has 0 aliphatic carbocycles. The molecule has 2 aromatic rings. The SMILES string of the molecule is CCN1CC(CCC2=CC(P(c3ccccc3)c3ccccc3)=NCC2)N=N1. The van der Waals surface area contributed by atoms with Gasteiger partial charge < -0.3 is 0 Å². The number of hydrogen-bond donors (Lipinski definition) is 0. The van der Waals surface area contributed by atoms with Crippen LogP contribution in [0.25, 0.3) is 0 Å². The van der Waals surface area contributed by atoms with Crippen molar-refractivity contribution in [3.05, 3.63) is 72.3 Å². The Balaban J connectivity index is 1.52. The average Bonchev–Trinajstić information content (AvgIpc) is 3.23. The van der Waals surface area contributed by atoms with Gasteiger partial charge in [0.25, 0.3) is 0 Å². The number of nitrogens with zero attached hydrogens (tertiary/aromatic N) is 4. The van der Waals surface area contributed by atoms with Crippen LogP contribution in [0.5, 0.6) is 0 Å². The van der Waals surface area contributed by atoms with Gasteiger partial charge >= 0.3 is 0 Å². The highest BCUT2D eigenvalue weighted by Gasteiger charge is 2.22. The maximum Gasteiger partial charge on any atom is 0.0924 e. The van der Waals surface area contributed by atoms with Crippen molar-refractivity contribution in [1.29, 1.82) is 0 Å². The predicted molar refractivity (Wildman–Crippen MR) is 119 cm³/mol. The Bertz CT molecular complexity index is 821. The molecular weight excluding hydrogens is 363 g/mol. The zero-order chi connectivity index (χ0) is 19.2. The summed E-state index contributed by atoms with van der Waals surface area (Å²) in [4.78, 5) is 4.96. The van der Waals surface area contributed by atoms with Crippen molar-refractivity contribution in [3.8, 4) is 0 Å². The Morgan fingerprint density at radius 3 is 2.29 bits per heavy atom. The average molecular weight is 390 g/mol. The minimum absolute atomic E-state index is 0.341. The summed E-state index contributed by atoms with van der Waals surface area (Å²) in [6, 6.07) is 22.0. The molecule has 1 unspecified atom stereocenters.